The van der Waals surface area contributed by atoms with Gasteiger partial charge in [-0.1, -0.05) is 20.8 Å². The molecule has 1 fully saturated rings. The van der Waals surface area contributed by atoms with Crippen LogP contribution in [-0.2, 0) is 29.5 Å². The van der Waals surface area contributed by atoms with Crippen LogP contribution in [0.1, 0.15) is 76.0 Å². The molecule has 13 nitrogen and oxygen atoms in total. The number of ether oxygens (including phenoxy) is 1. The molecule has 3 aromatic heterocycles. The van der Waals surface area contributed by atoms with Crippen molar-refractivity contribution in [2.24, 2.45) is 0 Å². The summed E-state index contributed by atoms with van der Waals surface area (Å²) in [5.41, 5.74) is -0.195. The molecular weight excluding hydrogens is 598 g/mol. The van der Waals surface area contributed by atoms with E-state index in [9.17, 15) is 27.4 Å². The number of hydrogen-bond donors (Lipinski definition) is 2. The summed E-state index contributed by atoms with van der Waals surface area (Å²) in [6.07, 6.45) is 3.77. The number of pyridine rings is 1. The van der Waals surface area contributed by atoms with Gasteiger partial charge in [-0.25, -0.2) is 18.9 Å². The maximum absolute atomic E-state index is 13.7. The number of rotatable bonds is 7. The van der Waals surface area contributed by atoms with Crippen molar-refractivity contribution >= 4 is 56.3 Å². The van der Waals surface area contributed by atoms with Crippen LogP contribution in [0.5, 0.6) is 0 Å². The van der Waals surface area contributed by atoms with E-state index in [4.69, 9.17) is 8.92 Å². The number of nitrogens with zero attached hydrogens (tertiary/aromatic N) is 4. The largest absolute Gasteiger partial charge is 0.457 e. The summed E-state index contributed by atoms with van der Waals surface area (Å²) in [6, 6.07) is 2.93. The van der Waals surface area contributed by atoms with Crippen molar-refractivity contribution in [3.05, 3.63) is 57.0 Å². The van der Waals surface area contributed by atoms with Crippen LogP contribution in [-0.4, -0.2) is 64.0 Å². The van der Waals surface area contributed by atoms with E-state index in [0.29, 0.717) is 24.5 Å². The van der Waals surface area contributed by atoms with Crippen LogP contribution >= 0.6 is 11.3 Å². The fraction of sp³-hybridized carbons (Fsp3) is 0.464. The molecule has 1 unspecified atom stereocenters. The predicted molar refractivity (Wildman–Crippen MR) is 163 cm³/mol. The van der Waals surface area contributed by atoms with E-state index in [2.05, 4.69) is 15.3 Å². The average Bonchev–Trinajstić information content (AvgIpc) is 3.35. The maximum atomic E-state index is 13.7. The monoisotopic (exact) mass is 633 g/mol. The molecule has 1 aliphatic rings. The lowest BCUT2D eigenvalue weighted by molar-refractivity contribution is -0.148. The fourth-order valence-electron chi connectivity index (χ4n) is 4.38. The first-order chi connectivity index (χ1) is 19.9. The second-order valence-electron chi connectivity index (χ2n) is 12.1. The Hall–Kier alpha value is -3.66. The van der Waals surface area contributed by atoms with E-state index in [1.165, 1.54) is 40.1 Å². The number of carbonyl (C=O) groups is 2. The lowest BCUT2D eigenvalue weighted by Gasteiger charge is -2.33. The highest BCUT2D eigenvalue weighted by Crippen LogP contribution is 2.27. The second kappa shape index (κ2) is 12.1. The Labute approximate surface area is 253 Å². The van der Waals surface area contributed by atoms with Crippen LogP contribution in [0.15, 0.2) is 34.6 Å². The SMILES string of the molecule is CC(C)(C)OC(=O)/C=C/c1c(N2CCCC(OS(=O)(=O)O)C2)nc2cc(C(=O)Nc3nc(C(C)(C)C)cs3)ccn2c1=O. The van der Waals surface area contributed by atoms with E-state index >= 15 is 0 Å². The fourth-order valence-corrected chi connectivity index (χ4v) is 5.81. The number of esters is 1. The van der Waals surface area contributed by atoms with Gasteiger partial charge in [0.2, 0.25) is 0 Å². The standard InChI is InChI=1S/C28H35N5O8S2/c1-27(2,3)20-16-42-26(29-20)31-24(35)17-11-13-33-21(14-17)30-23(32-12-7-8-18(15-32)41-43(37,38)39)19(25(33)36)9-10-22(34)40-28(4,5)6/h9-11,13-14,16,18H,7-8,12,15H2,1-6H3,(H,29,31,35)(H,37,38,39)/b10-9+. The molecule has 43 heavy (non-hydrogen) atoms. The molecule has 0 aliphatic carbocycles. The lowest BCUT2D eigenvalue weighted by atomic mass is 9.93. The molecule has 1 atom stereocenters. The Morgan fingerprint density at radius 3 is 2.53 bits per heavy atom. The van der Waals surface area contributed by atoms with Gasteiger partial charge in [0.1, 0.15) is 17.1 Å². The highest BCUT2D eigenvalue weighted by atomic mass is 32.3. The molecule has 2 N–H and O–H groups in total. The summed E-state index contributed by atoms with van der Waals surface area (Å²) in [4.78, 5) is 50.0. The molecule has 0 spiro atoms. The minimum absolute atomic E-state index is 0.00395. The third kappa shape index (κ3) is 8.46. The van der Waals surface area contributed by atoms with Crippen LogP contribution in [0.25, 0.3) is 11.7 Å². The number of carbonyl (C=O) groups excluding carboxylic acids is 2. The van der Waals surface area contributed by atoms with Gasteiger partial charge in [0.25, 0.3) is 11.5 Å². The summed E-state index contributed by atoms with van der Waals surface area (Å²) in [6.45, 7) is 11.6. The smallest absolute Gasteiger partial charge is 0.397 e. The minimum atomic E-state index is -4.71. The van der Waals surface area contributed by atoms with Crippen LogP contribution in [0.4, 0.5) is 10.9 Å². The summed E-state index contributed by atoms with van der Waals surface area (Å²) in [7, 11) is -4.71. The van der Waals surface area contributed by atoms with Crippen molar-refractivity contribution in [2.75, 3.05) is 23.3 Å². The number of nitrogens with one attached hydrogen (secondary N) is 1. The first-order valence-electron chi connectivity index (χ1n) is 13.5. The Balaban J connectivity index is 1.73. The third-order valence-corrected chi connectivity index (χ3v) is 7.60. The van der Waals surface area contributed by atoms with Crippen molar-refractivity contribution in [1.82, 2.24) is 14.4 Å². The van der Waals surface area contributed by atoms with Crippen molar-refractivity contribution < 1.29 is 31.5 Å². The molecule has 1 amide bonds. The zero-order valence-electron chi connectivity index (χ0n) is 24.8. The Kier molecular flexibility index (Phi) is 9.11. The molecule has 4 heterocycles. The van der Waals surface area contributed by atoms with Crippen molar-refractivity contribution in [3.8, 4) is 0 Å². The molecule has 0 bridgehead atoms. The van der Waals surface area contributed by atoms with Crippen LogP contribution in [0.3, 0.4) is 0 Å². The first-order valence-corrected chi connectivity index (χ1v) is 15.8. The van der Waals surface area contributed by atoms with E-state index in [-0.39, 0.29) is 34.6 Å². The molecule has 1 saturated heterocycles. The van der Waals surface area contributed by atoms with Gasteiger partial charge in [0.05, 0.1) is 17.4 Å². The average molecular weight is 634 g/mol. The van der Waals surface area contributed by atoms with Crippen molar-refractivity contribution in [2.45, 2.75) is 71.5 Å². The van der Waals surface area contributed by atoms with Gasteiger partial charge in [-0.15, -0.1) is 11.3 Å². The van der Waals surface area contributed by atoms with E-state index in [1.807, 2.05) is 26.2 Å². The molecule has 232 valence electrons. The van der Waals surface area contributed by atoms with Gasteiger partial charge in [0, 0.05) is 41.7 Å². The zero-order chi connectivity index (χ0) is 31.7. The van der Waals surface area contributed by atoms with Gasteiger partial charge in [-0.05, 0) is 51.8 Å². The zero-order valence-corrected chi connectivity index (χ0v) is 26.4. The number of piperidine rings is 1. The van der Waals surface area contributed by atoms with Crippen LogP contribution in [0.2, 0.25) is 0 Å². The first kappa shape index (κ1) is 32.3. The molecule has 0 saturated carbocycles. The van der Waals surface area contributed by atoms with Gasteiger partial charge in [-0.2, -0.15) is 8.42 Å². The van der Waals surface area contributed by atoms with E-state index < -0.39 is 39.5 Å². The number of hydrogen-bond acceptors (Lipinski definition) is 11. The molecule has 0 radical (unpaired) electrons. The summed E-state index contributed by atoms with van der Waals surface area (Å²) in [5.74, 6) is -0.958. The van der Waals surface area contributed by atoms with Crippen LogP contribution in [0, 0.1) is 0 Å². The molecular formula is C28H35N5O8S2. The summed E-state index contributed by atoms with van der Waals surface area (Å²) in [5, 5.41) is 5.10. The van der Waals surface area contributed by atoms with E-state index in [0.717, 1.165) is 11.8 Å². The minimum Gasteiger partial charge on any atom is -0.457 e. The number of aromatic nitrogens is 3. The highest BCUT2D eigenvalue weighted by Gasteiger charge is 2.28. The Morgan fingerprint density at radius 1 is 1.19 bits per heavy atom. The van der Waals surface area contributed by atoms with Crippen LogP contribution < -0.4 is 15.8 Å². The lowest BCUT2D eigenvalue weighted by Crippen LogP contribution is -2.42. The van der Waals surface area contributed by atoms with Gasteiger partial charge in [0.15, 0.2) is 5.13 Å². The molecule has 1 aliphatic heterocycles. The number of fused-ring (bicyclic) bond motifs is 1. The van der Waals surface area contributed by atoms with Gasteiger partial charge in [-0.3, -0.25) is 23.9 Å². The Morgan fingerprint density at radius 2 is 1.91 bits per heavy atom. The molecule has 0 aromatic carbocycles. The van der Waals surface area contributed by atoms with Gasteiger partial charge < -0.3 is 9.64 Å². The normalized spacial score (nSPS) is 16.5. The summed E-state index contributed by atoms with van der Waals surface area (Å²) >= 11 is 1.31. The predicted octanol–water partition coefficient (Wildman–Crippen LogP) is 3.84. The number of amides is 1. The number of anilines is 2. The Bertz CT molecular complexity index is 1730. The molecule has 3 aromatic rings. The quantitative estimate of drug-likeness (QED) is 0.220. The molecule has 15 heteroatoms. The second-order valence-corrected chi connectivity index (χ2v) is 14.0. The maximum Gasteiger partial charge on any atom is 0.397 e. The van der Waals surface area contributed by atoms with Crippen molar-refractivity contribution in [3.63, 3.8) is 0 Å². The highest BCUT2D eigenvalue weighted by molar-refractivity contribution is 7.80. The number of thiazole rings is 1. The molecule has 4 rings (SSSR count). The van der Waals surface area contributed by atoms with Crippen molar-refractivity contribution in [1.29, 1.82) is 0 Å². The van der Waals surface area contributed by atoms with Gasteiger partial charge >= 0.3 is 16.4 Å². The van der Waals surface area contributed by atoms with E-state index in [1.54, 1.807) is 25.7 Å². The summed E-state index contributed by atoms with van der Waals surface area (Å²) < 4.78 is 43.3. The topological polar surface area (TPSA) is 169 Å². The third-order valence-electron chi connectivity index (χ3n) is 6.33.